The number of nitrogens with two attached hydrogens (primary N) is 1. The molecule has 6 heteroatoms. The summed E-state index contributed by atoms with van der Waals surface area (Å²) in [5, 5.41) is 6.92. The first-order valence-electron chi connectivity index (χ1n) is 6.25. The van der Waals surface area contributed by atoms with Crippen LogP contribution >= 0.6 is 11.6 Å². The summed E-state index contributed by atoms with van der Waals surface area (Å²) in [4.78, 5) is 12.3. The number of nitrogens with one attached hydrogen (secondary N) is 1. The van der Waals surface area contributed by atoms with Crippen LogP contribution in [0.3, 0.4) is 0 Å². The number of aryl methyl sites for hydroxylation is 2. The third-order valence-corrected chi connectivity index (χ3v) is 3.14. The smallest absolute Gasteiger partial charge is 0.261 e. The van der Waals surface area contributed by atoms with Crippen LogP contribution in [0.2, 0.25) is 5.02 Å². The van der Waals surface area contributed by atoms with E-state index in [0.29, 0.717) is 27.7 Å². The minimum absolute atomic E-state index is 0.267. The second kappa shape index (κ2) is 6.44. The highest BCUT2D eigenvalue weighted by atomic mass is 35.5. The number of anilines is 1. The lowest BCUT2D eigenvalue weighted by molar-refractivity contribution is 0.102. The van der Waals surface area contributed by atoms with Crippen molar-refractivity contribution in [3.63, 3.8) is 0 Å². The number of carbonyl (C=O) groups excluding carboxylic acids is 1. The Balaban J connectivity index is 2.29. The summed E-state index contributed by atoms with van der Waals surface area (Å²) >= 11 is 6.09. The number of halogens is 1. The van der Waals surface area contributed by atoms with E-state index in [1.54, 1.807) is 32.0 Å². The van der Waals surface area contributed by atoms with Crippen LogP contribution in [0.4, 0.5) is 5.69 Å². The highest BCUT2D eigenvalue weighted by molar-refractivity contribution is 6.34. The first-order valence-corrected chi connectivity index (χ1v) is 6.63. The van der Waals surface area contributed by atoms with Crippen LogP contribution in [-0.2, 0) is 0 Å². The average Bonchev–Trinajstić information content (AvgIpc) is 2.79. The van der Waals surface area contributed by atoms with Gasteiger partial charge in [-0.15, -0.1) is 0 Å². The first-order chi connectivity index (χ1) is 10.0. The third-order valence-electron chi connectivity index (χ3n) is 2.81. The summed E-state index contributed by atoms with van der Waals surface area (Å²) in [6, 6.07) is 5.13. The molecule has 0 aliphatic carbocycles. The third kappa shape index (κ3) is 3.43. The molecule has 2 aromatic rings. The molecule has 0 saturated heterocycles. The summed E-state index contributed by atoms with van der Waals surface area (Å²) in [7, 11) is 0. The molecule has 0 bridgehead atoms. The number of nitrogens with zero attached hydrogens (tertiary/aromatic N) is 1. The zero-order chi connectivity index (χ0) is 15.4. The summed E-state index contributed by atoms with van der Waals surface area (Å²) in [5.74, 6) is 5.77. The SMILES string of the molecule is Cc1noc(C)c1C(=O)Nc1cc(C#CCN)ccc1Cl. The molecule has 1 heterocycles. The van der Waals surface area contributed by atoms with Crippen molar-refractivity contribution in [3.8, 4) is 11.8 Å². The predicted octanol–water partition coefficient (Wildman–Crippen LogP) is 2.51. The zero-order valence-electron chi connectivity index (χ0n) is 11.7. The van der Waals surface area contributed by atoms with Gasteiger partial charge < -0.3 is 15.6 Å². The Bertz CT molecular complexity index is 722. The van der Waals surface area contributed by atoms with E-state index in [0.717, 1.165) is 5.56 Å². The summed E-state index contributed by atoms with van der Waals surface area (Å²) in [6.07, 6.45) is 0. The number of amides is 1. The lowest BCUT2D eigenvalue weighted by Gasteiger charge is -2.07. The maximum atomic E-state index is 12.3. The summed E-state index contributed by atoms with van der Waals surface area (Å²) in [5.41, 5.74) is 7.47. The van der Waals surface area contributed by atoms with E-state index in [9.17, 15) is 4.79 Å². The molecule has 0 aliphatic heterocycles. The number of hydrogen-bond acceptors (Lipinski definition) is 4. The van der Waals surface area contributed by atoms with Gasteiger partial charge in [-0.1, -0.05) is 28.6 Å². The minimum Gasteiger partial charge on any atom is -0.361 e. The van der Waals surface area contributed by atoms with Gasteiger partial charge in [0.2, 0.25) is 0 Å². The Morgan fingerprint density at radius 3 is 2.86 bits per heavy atom. The van der Waals surface area contributed by atoms with Gasteiger partial charge in [0.15, 0.2) is 0 Å². The van der Waals surface area contributed by atoms with Crippen LogP contribution in [0.1, 0.15) is 27.4 Å². The van der Waals surface area contributed by atoms with E-state index in [4.69, 9.17) is 21.9 Å². The highest BCUT2D eigenvalue weighted by Crippen LogP contribution is 2.24. The van der Waals surface area contributed by atoms with Crippen LogP contribution in [0.5, 0.6) is 0 Å². The molecule has 1 amide bonds. The molecule has 0 aliphatic rings. The van der Waals surface area contributed by atoms with Crippen molar-refractivity contribution in [3.05, 3.63) is 45.8 Å². The maximum Gasteiger partial charge on any atom is 0.261 e. The second-order valence-corrected chi connectivity index (χ2v) is 4.76. The van der Waals surface area contributed by atoms with E-state index < -0.39 is 0 Å². The van der Waals surface area contributed by atoms with Crippen molar-refractivity contribution in [2.24, 2.45) is 5.73 Å². The van der Waals surface area contributed by atoms with Crippen LogP contribution in [-0.4, -0.2) is 17.6 Å². The predicted molar refractivity (Wildman–Crippen MR) is 81.3 cm³/mol. The van der Waals surface area contributed by atoms with Gasteiger partial charge >= 0.3 is 0 Å². The molecule has 21 heavy (non-hydrogen) atoms. The van der Waals surface area contributed by atoms with Crippen LogP contribution in [0.25, 0.3) is 0 Å². The van der Waals surface area contributed by atoms with Crippen LogP contribution in [0.15, 0.2) is 22.7 Å². The van der Waals surface area contributed by atoms with E-state index >= 15 is 0 Å². The fourth-order valence-corrected chi connectivity index (χ4v) is 2.01. The lowest BCUT2D eigenvalue weighted by atomic mass is 10.1. The number of rotatable bonds is 2. The molecule has 0 radical (unpaired) electrons. The molecule has 5 nitrogen and oxygen atoms in total. The Kier molecular flexibility index (Phi) is 4.63. The van der Waals surface area contributed by atoms with Gasteiger partial charge in [0, 0.05) is 5.56 Å². The van der Waals surface area contributed by atoms with E-state index in [2.05, 4.69) is 22.3 Å². The Labute approximate surface area is 127 Å². The molecular weight excluding hydrogens is 290 g/mol. The monoisotopic (exact) mass is 303 g/mol. The van der Waals surface area contributed by atoms with Gasteiger partial charge in [0.1, 0.15) is 11.3 Å². The molecule has 2 rings (SSSR count). The fourth-order valence-electron chi connectivity index (χ4n) is 1.84. The van der Waals surface area contributed by atoms with Gasteiger partial charge in [-0.2, -0.15) is 0 Å². The van der Waals surface area contributed by atoms with Crippen molar-refractivity contribution in [2.45, 2.75) is 13.8 Å². The fraction of sp³-hybridized carbons (Fsp3) is 0.200. The molecule has 0 unspecified atom stereocenters. The topological polar surface area (TPSA) is 81.2 Å². The Morgan fingerprint density at radius 2 is 2.24 bits per heavy atom. The number of aromatic nitrogens is 1. The second-order valence-electron chi connectivity index (χ2n) is 4.35. The molecular formula is C15H14ClN3O2. The normalized spacial score (nSPS) is 9.90. The molecule has 1 aromatic carbocycles. The highest BCUT2D eigenvalue weighted by Gasteiger charge is 2.18. The first kappa shape index (κ1) is 15.1. The van der Waals surface area contributed by atoms with Crippen LogP contribution in [0, 0.1) is 25.7 Å². The molecule has 0 fully saturated rings. The Morgan fingerprint density at radius 1 is 1.48 bits per heavy atom. The van der Waals surface area contributed by atoms with Gasteiger partial charge in [0.05, 0.1) is 22.9 Å². The summed E-state index contributed by atoms with van der Waals surface area (Å²) in [6.45, 7) is 3.65. The maximum absolute atomic E-state index is 12.3. The standard InChI is InChI=1S/C15H14ClN3O2/c1-9-14(10(2)21-19-9)15(20)18-13-8-11(4-3-7-17)5-6-12(13)16/h5-6,8H,7,17H2,1-2H3,(H,18,20). The van der Waals surface area contributed by atoms with Crippen LogP contribution < -0.4 is 11.1 Å². The van der Waals surface area contributed by atoms with Gasteiger partial charge in [-0.25, -0.2) is 0 Å². The van der Waals surface area contributed by atoms with E-state index in [1.165, 1.54) is 0 Å². The van der Waals surface area contributed by atoms with Crippen molar-refractivity contribution in [1.29, 1.82) is 0 Å². The van der Waals surface area contributed by atoms with Crippen molar-refractivity contribution in [1.82, 2.24) is 5.16 Å². The minimum atomic E-state index is -0.322. The molecule has 0 atom stereocenters. The quantitative estimate of drug-likeness (QED) is 0.835. The number of carbonyl (C=O) groups is 1. The molecule has 0 spiro atoms. The average molecular weight is 304 g/mol. The molecule has 1 aromatic heterocycles. The summed E-state index contributed by atoms with van der Waals surface area (Å²) < 4.78 is 4.98. The van der Waals surface area contributed by atoms with Crippen molar-refractivity contribution >= 4 is 23.2 Å². The van der Waals surface area contributed by atoms with E-state index in [1.807, 2.05) is 0 Å². The van der Waals surface area contributed by atoms with Gasteiger partial charge in [-0.05, 0) is 32.0 Å². The molecule has 3 N–H and O–H groups in total. The lowest BCUT2D eigenvalue weighted by Crippen LogP contribution is -2.14. The van der Waals surface area contributed by atoms with Crippen molar-refractivity contribution in [2.75, 3.05) is 11.9 Å². The van der Waals surface area contributed by atoms with Gasteiger partial charge in [-0.3, -0.25) is 4.79 Å². The van der Waals surface area contributed by atoms with E-state index in [-0.39, 0.29) is 12.5 Å². The van der Waals surface area contributed by atoms with Gasteiger partial charge in [0.25, 0.3) is 5.91 Å². The Hall–Kier alpha value is -2.29. The number of hydrogen-bond donors (Lipinski definition) is 2. The zero-order valence-corrected chi connectivity index (χ0v) is 12.4. The van der Waals surface area contributed by atoms with Crippen molar-refractivity contribution < 1.29 is 9.32 Å². The molecule has 108 valence electrons. The largest absolute Gasteiger partial charge is 0.361 e. The molecule has 0 saturated carbocycles. The number of benzene rings is 1.